The van der Waals surface area contributed by atoms with Crippen molar-refractivity contribution in [3.63, 3.8) is 0 Å². The lowest BCUT2D eigenvalue weighted by Crippen LogP contribution is -1.98. The Hall–Kier alpha value is -3.30. The van der Waals surface area contributed by atoms with Crippen molar-refractivity contribution < 1.29 is 0 Å². The summed E-state index contributed by atoms with van der Waals surface area (Å²) in [6, 6.07) is 35.8. The Morgan fingerprint density at radius 2 is 1.24 bits per heavy atom. The topological polar surface area (TPSA) is 17.8 Å². The molecule has 0 atom stereocenters. The van der Waals surface area contributed by atoms with Gasteiger partial charge in [-0.1, -0.05) is 84.9 Å². The predicted octanol–water partition coefficient (Wildman–Crippen LogP) is 6.79. The lowest BCUT2D eigenvalue weighted by molar-refractivity contribution is 0.988. The summed E-state index contributed by atoms with van der Waals surface area (Å²) in [6.45, 7) is 0. The first kappa shape index (κ1) is 17.8. The molecule has 0 saturated heterocycles. The van der Waals surface area contributed by atoms with Crippen molar-refractivity contribution >= 4 is 23.7 Å². The summed E-state index contributed by atoms with van der Waals surface area (Å²) in [6.07, 6.45) is 0. The van der Waals surface area contributed by atoms with Crippen LogP contribution in [0.1, 0.15) is 5.82 Å². The molecule has 2 nitrogen and oxygen atoms in total. The van der Waals surface area contributed by atoms with E-state index in [9.17, 15) is 0 Å². The second-order valence-electron chi connectivity index (χ2n) is 6.95. The van der Waals surface area contributed by atoms with E-state index in [2.05, 4.69) is 102 Å². The molecule has 0 saturated carbocycles. The van der Waals surface area contributed by atoms with E-state index in [4.69, 9.17) is 4.98 Å². The van der Waals surface area contributed by atoms with Crippen LogP contribution in [0.3, 0.4) is 0 Å². The molecule has 1 aromatic heterocycles. The van der Waals surface area contributed by atoms with Crippen LogP contribution in [0, 0.1) is 0 Å². The number of benzene rings is 4. The molecule has 1 heterocycles. The van der Waals surface area contributed by atoms with Gasteiger partial charge in [0.25, 0.3) is 0 Å². The summed E-state index contributed by atoms with van der Waals surface area (Å²) in [5, 5.41) is 0. The molecular formula is C26H20N2S. The molecule has 0 spiro atoms. The summed E-state index contributed by atoms with van der Waals surface area (Å²) in [4.78, 5) is 5.06. The molecule has 0 aliphatic rings. The Labute approximate surface area is 175 Å². The van der Waals surface area contributed by atoms with E-state index < -0.39 is 0 Å². The van der Waals surface area contributed by atoms with Crippen LogP contribution in [0.15, 0.2) is 103 Å². The van der Waals surface area contributed by atoms with E-state index in [1.165, 1.54) is 16.7 Å². The minimum Gasteiger partial charge on any atom is -0.296 e. The maximum atomic E-state index is 5.06. The highest BCUT2D eigenvalue weighted by molar-refractivity contribution is 7.79. The number of hydrogen-bond acceptors (Lipinski definition) is 2. The highest BCUT2D eigenvalue weighted by Crippen LogP contribution is 2.39. The molecule has 0 aliphatic carbocycles. The van der Waals surface area contributed by atoms with Crippen LogP contribution in [-0.2, 0) is 5.75 Å². The first-order chi connectivity index (χ1) is 14.4. The van der Waals surface area contributed by atoms with Crippen molar-refractivity contribution in [2.24, 2.45) is 0 Å². The molecule has 0 N–H and O–H groups in total. The fraction of sp³-hybridized carbons (Fsp3) is 0.0385. The van der Waals surface area contributed by atoms with E-state index in [0.29, 0.717) is 5.75 Å². The summed E-state index contributed by atoms with van der Waals surface area (Å²) < 4.78 is 2.21. The number of thiol groups is 1. The second kappa shape index (κ2) is 7.61. The first-order valence-electron chi connectivity index (χ1n) is 9.68. The lowest BCUT2D eigenvalue weighted by Gasteiger charge is -2.13. The van der Waals surface area contributed by atoms with Gasteiger partial charge in [0.15, 0.2) is 0 Å². The minimum atomic E-state index is 0.568. The molecule has 140 valence electrons. The molecule has 5 aromatic rings. The molecule has 0 unspecified atom stereocenters. The number of nitrogens with zero attached hydrogens (tertiary/aromatic N) is 2. The van der Waals surface area contributed by atoms with Crippen LogP contribution >= 0.6 is 12.6 Å². The van der Waals surface area contributed by atoms with Gasteiger partial charge >= 0.3 is 0 Å². The third-order valence-corrected chi connectivity index (χ3v) is 5.48. The molecule has 0 fully saturated rings. The molecule has 29 heavy (non-hydrogen) atoms. The van der Waals surface area contributed by atoms with Crippen LogP contribution in [0.2, 0.25) is 0 Å². The molecule has 0 radical (unpaired) electrons. The van der Waals surface area contributed by atoms with Gasteiger partial charge in [0.05, 0.1) is 11.0 Å². The third kappa shape index (κ3) is 3.14. The largest absolute Gasteiger partial charge is 0.296 e. The standard InChI is InChI=1S/C26H20N2S/c29-18-24-27-26-23(28(24)21-14-8-3-9-15-21)17-16-22(19-10-4-1-5-11-19)25(26)20-12-6-2-7-13-20/h1-17,29H,18H2. The van der Waals surface area contributed by atoms with Crippen LogP contribution < -0.4 is 0 Å². The highest BCUT2D eigenvalue weighted by atomic mass is 32.1. The number of imidazole rings is 1. The van der Waals surface area contributed by atoms with Gasteiger partial charge in [-0.25, -0.2) is 4.98 Å². The maximum Gasteiger partial charge on any atom is 0.124 e. The Morgan fingerprint density at radius 1 is 0.655 bits per heavy atom. The minimum absolute atomic E-state index is 0.568. The molecule has 3 heteroatoms. The van der Waals surface area contributed by atoms with Crippen molar-refractivity contribution in [1.82, 2.24) is 9.55 Å². The summed E-state index contributed by atoms with van der Waals surface area (Å²) >= 11 is 4.57. The zero-order chi connectivity index (χ0) is 19.6. The van der Waals surface area contributed by atoms with Crippen molar-refractivity contribution in [3.05, 3.63) is 109 Å². The summed E-state index contributed by atoms with van der Waals surface area (Å²) in [7, 11) is 0. The van der Waals surface area contributed by atoms with E-state index >= 15 is 0 Å². The third-order valence-electron chi connectivity index (χ3n) is 5.20. The summed E-state index contributed by atoms with van der Waals surface area (Å²) in [5.41, 5.74) is 7.91. The molecule has 5 rings (SSSR count). The normalized spacial score (nSPS) is 11.1. The Morgan fingerprint density at radius 3 is 1.86 bits per heavy atom. The van der Waals surface area contributed by atoms with E-state index in [1.807, 2.05) is 18.2 Å². The van der Waals surface area contributed by atoms with Gasteiger partial charge in [-0.3, -0.25) is 4.57 Å². The SMILES string of the molecule is SCc1nc2c(-c3ccccc3)c(-c3ccccc3)ccc2n1-c1ccccc1. The fourth-order valence-corrected chi connectivity index (χ4v) is 4.13. The van der Waals surface area contributed by atoms with Crippen molar-refractivity contribution in [2.45, 2.75) is 5.75 Å². The average Bonchev–Trinajstić information content (AvgIpc) is 3.19. The fourth-order valence-electron chi connectivity index (χ4n) is 3.92. The van der Waals surface area contributed by atoms with E-state index in [1.54, 1.807) is 0 Å². The van der Waals surface area contributed by atoms with Crippen molar-refractivity contribution in [2.75, 3.05) is 0 Å². The van der Waals surface area contributed by atoms with Gasteiger partial charge in [0.2, 0.25) is 0 Å². The smallest absolute Gasteiger partial charge is 0.124 e. The van der Waals surface area contributed by atoms with Gasteiger partial charge in [-0.2, -0.15) is 12.6 Å². The van der Waals surface area contributed by atoms with Crippen LogP contribution in [0.25, 0.3) is 39.0 Å². The maximum absolute atomic E-state index is 5.06. The quantitative estimate of drug-likeness (QED) is 0.333. The molecule has 0 bridgehead atoms. The van der Waals surface area contributed by atoms with E-state index in [-0.39, 0.29) is 0 Å². The Balaban J connectivity index is 1.88. The number of para-hydroxylation sites is 1. The number of rotatable bonds is 4. The molecule has 0 aliphatic heterocycles. The predicted molar refractivity (Wildman–Crippen MR) is 125 cm³/mol. The molecular weight excluding hydrogens is 372 g/mol. The number of hydrogen-bond donors (Lipinski definition) is 1. The van der Waals surface area contributed by atoms with Gasteiger partial charge in [-0.05, 0) is 34.9 Å². The van der Waals surface area contributed by atoms with Crippen LogP contribution in [-0.4, -0.2) is 9.55 Å². The Bertz CT molecular complexity index is 1260. The van der Waals surface area contributed by atoms with Crippen LogP contribution in [0.4, 0.5) is 0 Å². The lowest BCUT2D eigenvalue weighted by atomic mass is 9.93. The summed E-state index contributed by atoms with van der Waals surface area (Å²) in [5.74, 6) is 1.51. The zero-order valence-electron chi connectivity index (χ0n) is 15.9. The van der Waals surface area contributed by atoms with Gasteiger partial charge in [0.1, 0.15) is 5.82 Å². The molecule has 4 aromatic carbocycles. The van der Waals surface area contributed by atoms with Crippen molar-refractivity contribution in [1.29, 1.82) is 0 Å². The van der Waals surface area contributed by atoms with Gasteiger partial charge in [0, 0.05) is 17.0 Å². The van der Waals surface area contributed by atoms with Gasteiger partial charge < -0.3 is 0 Å². The zero-order valence-corrected chi connectivity index (χ0v) is 16.8. The monoisotopic (exact) mass is 392 g/mol. The average molecular weight is 393 g/mol. The highest BCUT2D eigenvalue weighted by Gasteiger charge is 2.18. The van der Waals surface area contributed by atoms with E-state index in [0.717, 1.165) is 28.1 Å². The first-order valence-corrected chi connectivity index (χ1v) is 10.3. The number of fused-ring (bicyclic) bond motifs is 1. The molecule has 0 amide bonds. The van der Waals surface area contributed by atoms with Gasteiger partial charge in [-0.15, -0.1) is 0 Å². The van der Waals surface area contributed by atoms with Crippen LogP contribution in [0.5, 0.6) is 0 Å². The number of aromatic nitrogens is 2. The Kier molecular flexibility index (Phi) is 4.66. The van der Waals surface area contributed by atoms with Crippen molar-refractivity contribution in [3.8, 4) is 27.9 Å². The second-order valence-corrected chi connectivity index (χ2v) is 7.26.